The molecule has 1 saturated carbocycles. The van der Waals surface area contributed by atoms with Gasteiger partial charge in [-0.25, -0.2) is 9.59 Å². The summed E-state index contributed by atoms with van der Waals surface area (Å²) in [4.78, 5) is 25.1. The molecule has 1 aliphatic heterocycles. The van der Waals surface area contributed by atoms with Gasteiger partial charge >= 0.3 is 12.0 Å². The van der Waals surface area contributed by atoms with Crippen LogP contribution in [0.4, 0.5) is 4.79 Å². The Morgan fingerprint density at radius 3 is 2.35 bits per heavy atom. The van der Waals surface area contributed by atoms with E-state index in [0.717, 1.165) is 12.8 Å². The summed E-state index contributed by atoms with van der Waals surface area (Å²) in [5.41, 5.74) is 0.474. The van der Waals surface area contributed by atoms with E-state index in [2.05, 4.69) is 32.2 Å². The molecular formula is C15H24N2O3. The van der Waals surface area contributed by atoms with Crippen LogP contribution in [0.1, 0.15) is 46.5 Å². The van der Waals surface area contributed by atoms with Crippen LogP contribution in [0, 0.1) is 5.41 Å². The molecule has 2 aliphatic rings. The molecule has 0 aromatic rings. The minimum atomic E-state index is -1.02. The van der Waals surface area contributed by atoms with Gasteiger partial charge in [-0.2, -0.15) is 0 Å². The fourth-order valence-electron chi connectivity index (χ4n) is 2.74. The van der Waals surface area contributed by atoms with E-state index in [1.54, 1.807) is 4.90 Å². The Kier molecular flexibility index (Phi) is 3.80. The smallest absolute Gasteiger partial charge is 0.329 e. The van der Waals surface area contributed by atoms with E-state index < -0.39 is 11.5 Å². The van der Waals surface area contributed by atoms with Gasteiger partial charge in [-0.05, 0) is 31.1 Å². The third-order valence-corrected chi connectivity index (χ3v) is 4.42. The maximum Gasteiger partial charge on any atom is 0.329 e. The van der Waals surface area contributed by atoms with E-state index in [1.807, 2.05) is 0 Å². The fourth-order valence-corrected chi connectivity index (χ4v) is 2.74. The highest BCUT2D eigenvalue weighted by Gasteiger charge is 2.46. The highest BCUT2D eigenvalue weighted by Crippen LogP contribution is 2.33. The van der Waals surface area contributed by atoms with Crippen molar-refractivity contribution in [3.05, 3.63) is 11.6 Å². The summed E-state index contributed by atoms with van der Waals surface area (Å²) in [6.07, 6.45) is 4.88. The molecule has 1 aliphatic carbocycles. The van der Waals surface area contributed by atoms with Crippen LogP contribution in [-0.2, 0) is 4.79 Å². The van der Waals surface area contributed by atoms with Gasteiger partial charge in [0.05, 0.1) is 0 Å². The van der Waals surface area contributed by atoms with Gasteiger partial charge in [0.15, 0.2) is 0 Å². The molecule has 5 heteroatoms. The number of nitrogens with one attached hydrogen (secondary N) is 1. The maximum atomic E-state index is 12.2. The highest BCUT2D eigenvalue weighted by atomic mass is 16.4. The van der Waals surface area contributed by atoms with Gasteiger partial charge < -0.3 is 15.3 Å². The van der Waals surface area contributed by atoms with Crippen LogP contribution in [0.5, 0.6) is 0 Å². The first-order valence-electron chi connectivity index (χ1n) is 7.25. The van der Waals surface area contributed by atoms with Gasteiger partial charge in [-0.1, -0.05) is 32.4 Å². The van der Waals surface area contributed by atoms with Crippen LogP contribution in [0.2, 0.25) is 0 Å². The zero-order valence-electron chi connectivity index (χ0n) is 12.5. The molecule has 0 saturated heterocycles. The molecule has 2 rings (SSSR count). The zero-order chi connectivity index (χ0) is 15.0. The molecule has 2 amide bonds. The lowest BCUT2D eigenvalue weighted by Gasteiger charge is -2.40. The van der Waals surface area contributed by atoms with Crippen LogP contribution in [0.25, 0.3) is 0 Å². The molecule has 0 unspecified atom stereocenters. The Morgan fingerprint density at radius 2 is 2.00 bits per heavy atom. The van der Waals surface area contributed by atoms with Crippen molar-refractivity contribution in [3.63, 3.8) is 0 Å². The van der Waals surface area contributed by atoms with E-state index in [-0.39, 0.29) is 11.4 Å². The molecule has 1 fully saturated rings. The molecule has 0 aromatic heterocycles. The van der Waals surface area contributed by atoms with Gasteiger partial charge in [0, 0.05) is 13.1 Å². The lowest BCUT2D eigenvalue weighted by molar-refractivity contribution is -0.148. The number of nitrogens with zero attached hydrogens (tertiary/aromatic N) is 1. The SMILES string of the molecule is CC(C)(C)C1=CCN(C(=O)NC2(C(=O)O)CCC2)CC1. The average Bonchev–Trinajstić information content (AvgIpc) is 2.32. The zero-order valence-corrected chi connectivity index (χ0v) is 12.5. The van der Waals surface area contributed by atoms with E-state index in [0.29, 0.717) is 25.9 Å². The third-order valence-electron chi connectivity index (χ3n) is 4.42. The largest absolute Gasteiger partial charge is 0.480 e. The Bertz CT molecular complexity index is 445. The van der Waals surface area contributed by atoms with Crippen molar-refractivity contribution in [1.82, 2.24) is 10.2 Å². The molecule has 5 nitrogen and oxygen atoms in total. The van der Waals surface area contributed by atoms with Gasteiger partial charge in [0.25, 0.3) is 0 Å². The molecule has 1 heterocycles. The monoisotopic (exact) mass is 280 g/mol. The minimum Gasteiger partial charge on any atom is -0.480 e. The number of carboxylic acids is 1. The van der Waals surface area contributed by atoms with Crippen molar-refractivity contribution < 1.29 is 14.7 Å². The predicted octanol–water partition coefficient (Wildman–Crippen LogP) is 2.38. The minimum absolute atomic E-state index is 0.138. The normalized spacial score (nSPS) is 21.8. The second-order valence-corrected chi connectivity index (χ2v) is 6.85. The van der Waals surface area contributed by atoms with Crippen LogP contribution >= 0.6 is 0 Å². The van der Waals surface area contributed by atoms with Crippen molar-refractivity contribution in [2.45, 2.75) is 52.0 Å². The lowest BCUT2D eigenvalue weighted by atomic mass is 9.77. The Morgan fingerprint density at radius 1 is 1.35 bits per heavy atom. The second kappa shape index (κ2) is 5.11. The van der Waals surface area contributed by atoms with Crippen molar-refractivity contribution in [2.24, 2.45) is 5.41 Å². The van der Waals surface area contributed by atoms with Crippen molar-refractivity contribution in [3.8, 4) is 0 Å². The first-order chi connectivity index (χ1) is 9.24. The van der Waals surface area contributed by atoms with Gasteiger partial charge in [-0.3, -0.25) is 0 Å². The Hall–Kier alpha value is -1.52. The van der Waals surface area contributed by atoms with Gasteiger partial charge in [0.1, 0.15) is 5.54 Å². The van der Waals surface area contributed by atoms with E-state index in [1.165, 1.54) is 5.57 Å². The fraction of sp³-hybridized carbons (Fsp3) is 0.733. The predicted molar refractivity (Wildman–Crippen MR) is 76.5 cm³/mol. The van der Waals surface area contributed by atoms with Crippen molar-refractivity contribution in [1.29, 1.82) is 0 Å². The summed E-state index contributed by atoms with van der Waals surface area (Å²) >= 11 is 0. The Balaban J connectivity index is 1.96. The molecule has 0 aromatic carbocycles. The summed E-state index contributed by atoms with van der Waals surface area (Å²) in [5, 5.41) is 11.9. The molecule has 0 spiro atoms. The third kappa shape index (κ3) is 2.81. The lowest BCUT2D eigenvalue weighted by Crippen LogP contribution is -2.62. The average molecular weight is 280 g/mol. The molecule has 20 heavy (non-hydrogen) atoms. The van der Waals surface area contributed by atoms with Gasteiger partial charge in [0.2, 0.25) is 0 Å². The van der Waals surface area contributed by atoms with E-state index >= 15 is 0 Å². The summed E-state index contributed by atoms with van der Waals surface area (Å²) in [7, 11) is 0. The van der Waals surface area contributed by atoms with Crippen LogP contribution in [-0.4, -0.2) is 40.6 Å². The molecule has 0 bridgehead atoms. The Labute approximate surface area is 120 Å². The summed E-state index contributed by atoms with van der Waals surface area (Å²) < 4.78 is 0. The number of urea groups is 1. The van der Waals surface area contributed by atoms with Crippen LogP contribution in [0.3, 0.4) is 0 Å². The summed E-state index contributed by atoms with van der Waals surface area (Å²) in [6.45, 7) is 7.73. The number of amides is 2. The molecule has 112 valence electrons. The topological polar surface area (TPSA) is 69.6 Å². The number of carbonyl (C=O) groups excluding carboxylic acids is 1. The number of hydrogen-bond acceptors (Lipinski definition) is 2. The van der Waals surface area contributed by atoms with Crippen LogP contribution in [0.15, 0.2) is 11.6 Å². The number of rotatable bonds is 2. The standard InChI is InChI=1S/C15H24N2O3/c1-14(2,3)11-5-9-17(10-6-11)13(20)16-15(12(18)19)7-4-8-15/h5H,4,6-10H2,1-3H3,(H,16,20)(H,18,19). The molecule has 2 N–H and O–H groups in total. The number of carboxylic acid groups (broad SMARTS) is 1. The quantitative estimate of drug-likeness (QED) is 0.763. The van der Waals surface area contributed by atoms with Crippen molar-refractivity contribution in [2.75, 3.05) is 13.1 Å². The first kappa shape index (κ1) is 14.9. The number of aliphatic carboxylic acids is 1. The van der Waals surface area contributed by atoms with E-state index in [9.17, 15) is 14.7 Å². The molecule has 0 radical (unpaired) electrons. The summed E-state index contributed by atoms with van der Waals surface area (Å²) in [6, 6.07) is -0.253. The first-order valence-corrected chi connectivity index (χ1v) is 7.25. The van der Waals surface area contributed by atoms with Crippen molar-refractivity contribution >= 4 is 12.0 Å². The van der Waals surface area contributed by atoms with Crippen LogP contribution < -0.4 is 5.32 Å². The summed E-state index contributed by atoms with van der Waals surface area (Å²) in [5.74, 6) is -0.917. The second-order valence-electron chi connectivity index (χ2n) is 6.85. The van der Waals surface area contributed by atoms with Gasteiger partial charge in [-0.15, -0.1) is 0 Å². The maximum absolute atomic E-state index is 12.2. The highest BCUT2D eigenvalue weighted by molar-refractivity contribution is 5.87. The van der Waals surface area contributed by atoms with E-state index in [4.69, 9.17) is 0 Å². The molecule has 0 atom stereocenters. The molecular weight excluding hydrogens is 256 g/mol. The number of carbonyl (C=O) groups is 2. The number of hydrogen-bond donors (Lipinski definition) is 2.